The van der Waals surface area contributed by atoms with Crippen molar-refractivity contribution in [2.75, 3.05) is 31.4 Å². The van der Waals surface area contributed by atoms with E-state index in [0.717, 1.165) is 53.6 Å². The molecule has 1 aromatic heterocycles. The summed E-state index contributed by atoms with van der Waals surface area (Å²) in [5.74, 6) is 1.43. The predicted molar refractivity (Wildman–Crippen MR) is 111 cm³/mol. The fourth-order valence-corrected chi connectivity index (χ4v) is 4.48. The molecule has 0 bridgehead atoms. The molecule has 0 fully saturated rings. The van der Waals surface area contributed by atoms with Gasteiger partial charge in [-0.3, -0.25) is 0 Å². The number of aromatic nitrogens is 1. The Labute approximate surface area is 163 Å². The second kappa shape index (κ2) is 7.48. The van der Waals surface area contributed by atoms with E-state index in [1.165, 1.54) is 11.3 Å². The van der Waals surface area contributed by atoms with Crippen LogP contribution in [0.2, 0.25) is 0 Å². The number of anilines is 2. The molecule has 27 heavy (non-hydrogen) atoms. The number of nitrogens with zero attached hydrogens (tertiary/aromatic N) is 2. The summed E-state index contributed by atoms with van der Waals surface area (Å²) >= 11 is 1.63. The van der Waals surface area contributed by atoms with E-state index in [0.29, 0.717) is 5.75 Å². The van der Waals surface area contributed by atoms with Crippen LogP contribution in [0.3, 0.4) is 0 Å². The second-order valence-electron chi connectivity index (χ2n) is 6.56. The lowest BCUT2D eigenvalue weighted by Gasteiger charge is -2.31. The van der Waals surface area contributed by atoms with Gasteiger partial charge in [-0.15, -0.1) is 11.3 Å². The third-order valence-electron chi connectivity index (χ3n) is 4.92. The molecule has 1 aliphatic heterocycles. The number of nitrogen functional groups attached to an aromatic ring is 1. The SMILES string of the molecule is COc1cccc(-c2nc(CN3CCCc4c(N)cccc43)cs2)c1OC. The third-order valence-corrected chi connectivity index (χ3v) is 5.85. The Hall–Kier alpha value is -2.73. The van der Waals surface area contributed by atoms with E-state index < -0.39 is 0 Å². The summed E-state index contributed by atoms with van der Waals surface area (Å²) in [5, 5.41) is 3.06. The minimum Gasteiger partial charge on any atom is -0.493 e. The van der Waals surface area contributed by atoms with E-state index in [1.54, 1.807) is 25.6 Å². The number of hydrogen-bond donors (Lipinski definition) is 1. The molecule has 3 aromatic rings. The first-order valence-electron chi connectivity index (χ1n) is 8.99. The van der Waals surface area contributed by atoms with Crippen LogP contribution in [0.5, 0.6) is 11.5 Å². The van der Waals surface area contributed by atoms with Gasteiger partial charge in [0.1, 0.15) is 5.01 Å². The highest BCUT2D eigenvalue weighted by atomic mass is 32.1. The number of methoxy groups -OCH3 is 2. The fraction of sp³-hybridized carbons (Fsp3) is 0.286. The van der Waals surface area contributed by atoms with Crippen LogP contribution in [0, 0.1) is 0 Å². The normalized spacial score (nSPS) is 13.3. The van der Waals surface area contributed by atoms with Crippen molar-refractivity contribution >= 4 is 22.7 Å². The van der Waals surface area contributed by atoms with Crippen molar-refractivity contribution in [2.45, 2.75) is 19.4 Å². The minimum absolute atomic E-state index is 0.715. The minimum atomic E-state index is 0.715. The summed E-state index contributed by atoms with van der Waals surface area (Å²) in [7, 11) is 3.30. The molecular weight excluding hydrogens is 358 g/mol. The quantitative estimate of drug-likeness (QED) is 0.665. The molecule has 0 saturated carbocycles. The zero-order valence-electron chi connectivity index (χ0n) is 15.6. The van der Waals surface area contributed by atoms with Gasteiger partial charge >= 0.3 is 0 Å². The lowest BCUT2D eigenvalue weighted by molar-refractivity contribution is 0.356. The largest absolute Gasteiger partial charge is 0.493 e. The van der Waals surface area contributed by atoms with Crippen LogP contribution >= 0.6 is 11.3 Å². The van der Waals surface area contributed by atoms with Crippen molar-refractivity contribution in [3.63, 3.8) is 0 Å². The maximum absolute atomic E-state index is 6.17. The van der Waals surface area contributed by atoms with E-state index >= 15 is 0 Å². The van der Waals surface area contributed by atoms with Gasteiger partial charge in [-0.1, -0.05) is 12.1 Å². The van der Waals surface area contributed by atoms with E-state index in [9.17, 15) is 0 Å². The van der Waals surface area contributed by atoms with Crippen LogP contribution in [-0.2, 0) is 13.0 Å². The lowest BCUT2D eigenvalue weighted by Crippen LogP contribution is -2.29. The molecule has 0 unspecified atom stereocenters. The molecule has 4 rings (SSSR count). The fourth-order valence-electron chi connectivity index (χ4n) is 3.65. The molecule has 0 amide bonds. The van der Waals surface area contributed by atoms with Crippen molar-refractivity contribution in [2.24, 2.45) is 0 Å². The Morgan fingerprint density at radius 3 is 2.81 bits per heavy atom. The van der Waals surface area contributed by atoms with E-state index in [1.807, 2.05) is 30.3 Å². The van der Waals surface area contributed by atoms with Gasteiger partial charge < -0.3 is 20.1 Å². The number of nitrogens with two attached hydrogens (primary N) is 1. The molecule has 140 valence electrons. The summed E-state index contributed by atoms with van der Waals surface area (Å²) in [6, 6.07) is 12.0. The molecule has 0 radical (unpaired) electrons. The second-order valence-corrected chi connectivity index (χ2v) is 7.41. The van der Waals surface area contributed by atoms with Gasteiger partial charge in [0.15, 0.2) is 11.5 Å². The molecule has 0 saturated heterocycles. The summed E-state index contributed by atoms with van der Waals surface area (Å²) < 4.78 is 11.0. The van der Waals surface area contributed by atoms with Crippen molar-refractivity contribution in [3.8, 4) is 22.1 Å². The molecule has 1 aliphatic rings. The van der Waals surface area contributed by atoms with Gasteiger partial charge in [-0.05, 0) is 42.7 Å². The number of rotatable bonds is 5. The lowest BCUT2D eigenvalue weighted by atomic mass is 10.00. The third kappa shape index (κ3) is 3.32. The van der Waals surface area contributed by atoms with Gasteiger partial charge in [0.05, 0.1) is 32.0 Å². The molecule has 0 atom stereocenters. The molecule has 6 heteroatoms. The van der Waals surface area contributed by atoms with Gasteiger partial charge in [0, 0.05) is 23.3 Å². The van der Waals surface area contributed by atoms with Crippen LogP contribution in [0.4, 0.5) is 11.4 Å². The van der Waals surface area contributed by atoms with E-state index in [2.05, 4.69) is 16.3 Å². The molecule has 2 heterocycles. The maximum atomic E-state index is 6.17. The van der Waals surface area contributed by atoms with Crippen LogP contribution in [0.15, 0.2) is 41.8 Å². The molecule has 5 nitrogen and oxygen atoms in total. The highest BCUT2D eigenvalue weighted by molar-refractivity contribution is 7.13. The number of benzene rings is 2. The molecular formula is C21H23N3O2S. The standard InChI is InChI=1S/C21H23N3O2S/c1-25-19-10-3-6-16(20(19)26-2)21-23-14(13-27-21)12-24-11-5-7-15-17(22)8-4-9-18(15)24/h3-4,6,8-10,13H,5,7,11-12,22H2,1-2H3. The van der Waals surface area contributed by atoms with Crippen LogP contribution < -0.4 is 20.1 Å². The highest BCUT2D eigenvalue weighted by Crippen LogP contribution is 2.39. The van der Waals surface area contributed by atoms with Crippen molar-refractivity contribution in [1.29, 1.82) is 0 Å². The zero-order chi connectivity index (χ0) is 18.8. The van der Waals surface area contributed by atoms with Gasteiger partial charge in [0.2, 0.25) is 0 Å². The summed E-state index contributed by atoms with van der Waals surface area (Å²) in [4.78, 5) is 7.24. The van der Waals surface area contributed by atoms with E-state index in [-0.39, 0.29) is 0 Å². The van der Waals surface area contributed by atoms with Gasteiger partial charge in [-0.25, -0.2) is 4.98 Å². The first kappa shape index (κ1) is 17.7. The molecule has 2 aromatic carbocycles. The Kier molecular flexibility index (Phi) is 4.90. The first-order valence-corrected chi connectivity index (χ1v) is 9.87. The summed E-state index contributed by atoms with van der Waals surface area (Å²) in [6.07, 6.45) is 2.16. The van der Waals surface area contributed by atoms with Crippen LogP contribution in [0.25, 0.3) is 10.6 Å². The molecule has 0 aliphatic carbocycles. The van der Waals surface area contributed by atoms with Gasteiger partial charge in [0.25, 0.3) is 0 Å². The average Bonchev–Trinajstić information content (AvgIpc) is 3.16. The summed E-state index contributed by atoms with van der Waals surface area (Å²) in [5.41, 5.74) is 11.6. The number of thiazole rings is 1. The number of fused-ring (bicyclic) bond motifs is 1. The Balaban J connectivity index is 1.61. The smallest absolute Gasteiger partial charge is 0.170 e. The average molecular weight is 382 g/mol. The molecule has 2 N–H and O–H groups in total. The number of ether oxygens (including phenoxy) is 2. The number of hydrogen-bond acceptors (Lipinski definition) is 6. The van der Waals surface area contributed by atoms with Crippen molar-refractivity contribution in [3.05, 3.63) is 53.0 Å². The van der Waals surface area contributed by atoms with Crippen molar-refractivity contribution in [1.82, 2.24) is 4.98 Å². The first-order chi connectivity index (χ1) is 13.2. The highest BCUT2D eigenvalue weighted by Gasteiger charge is 2.20. The Morgan fingerprint density at radius 2 is 2.00 bits per heavy atom. The monoisotopic (exact) mass is 381 g/mol. The predicted octanol–water partition coefficient (Wildman–Crippen LogP) is 4.36. The maximum Gasteiger partial charge on any atom is 0.170 e. The zero-order valence-corrected chi connectivity index (χ0v) is 16.4. The molecule has 0 spiro atoms. The van der Waals surface area contributed by atoms with E-state index in [4.69, 9.17) is 20.2 Å². The Bertz CT molecular complexity index is 954. The van der Waals surface area contributed by atoms with Gasteiger partial charge in [-0.2, -0.15) is 0 Å². The van der Waals surface area contributed by atoms with Crippen molar-refractivity contribution < 1.29 is 9.47 Å². The Morgan fingerprint density at radius 1 is 1.15 bits per heavy atom. The summed E-state index contributed by atoms with van der Waals surface area (Å²) in [6.45, 7) is 1.80. The van der Waals surface area contributed by atoms with Crippen LogP contribution in [-0.4, -0.2) is 25.7 Å². The van der Waals surface area contributed by atoms with Crippen LogP contribution in [0.1, 0.15) is 17.7 Å². The topological polar surface area (TPSA) is 60.6 Å². The number of para-hydroxylation sites is 1.